The first kappa shape index (κ1) is 13.2. The molecule has 1 aliphatic rings. The van der Waals surface area contributed by atoms with Gasteiger partial charge in [-0.25, -0.2) is 4.98 Å². The van der Waals surface area contributed by atoms with Crippen LogP contribution in [0.5, 0.6) is 5.75 Å². The first-order valence-corrected chi connectivity index (χ1v) is 7.43. The number of benzene rings is 1. The molecule has 3 rings (SSSR count). The summed E-state index contributed by atoms with van der Waals surface area (Å²) in [4.78, 5) is 4.51. The lowest BCUT2D eigenvalue weighted by molar-refractivity contribution is 0.145. The highest BCUT2D eigenvalue weighted by Gasteiger charge is 2.34. The largest absolute Gasteiger partial charge is 0.497 e. The van der Waals surface area contributed by atoms with E-state index in [0.717, 1.165) is 18.1 Å². The van der Waals surface area contributed by atoms with Crippen molar-refractivity contribution in [2.24, 2.45) is 5.41 Å². The SMILES string of the molecule is CCC1(CNc2nccc3cc(OC)ccc23)CCC1. The number of ether oxygens (including phenoxy) is 1. The molecule has 0 bridgehead atoms. The third-order valence-corrected chi connectivity index (χ3v) is 4.77. The third kappa shape index (κ3) is 2.33. The van der Waals surface area contributed by atoms with E-state index in [1.807, 2.05) is 18.3 Å². The van der Waals surface area contributed by atoms with Crippen LogP contribution in [0.15, 0.2) is 30.5 Å². The minimum Gasteiger partial charge on any atom is -0.497 e. The van der Waals surface area contributed by atoms with Gasteiger partial charge < -0.3 is 10.1 Å². The lowest BCUT2D eigenvalue weighted by Crippen LogP contribution is -2.36. The lowest BCUT2D eigenvalue weighted by atomic mass is 9.67. The van der Waals surface area contributed by atoms with Gasteiger partial charge in [-0.05, 0) is 54.3 Å². The molecule has 3 nitrogen and oxygen atoms in total. The Kier molecular flexibility index (Phi) is 3.51. The maximum atomic E-state index is 5.28. The quantitative estimate of drug-likeness (QED) is 0.882. The molecular weight excluding hydrogens is 248 g/mol. The second-order valence-corrected chi connectivity index (χ2v) is 5.81. The van der Waals surface area contributed by atoms with Gasteiger partial charge in [0.05, 0.1) is 7.11 Å². The van der Waals surface area contributed by atoms with Gasteiger partial charge in [0.15, 0.2) is 0 Å². The molecule has 0 aliphatic heterocycles. The van der Waals surface area contributed by atoms with Crippen molar-refractivity contribution in [1.29, 1.82) is 0 Å². The molecule has 0 amide bonds. The van der Waals surface area contributed by atoms with Gasteiger partial charge in [-0.3, -0.25) is 0 Å². The van der Waals surface area contributed by atoms with E-state index >= 15 is 0 Å². The molecule has 1 aromatic heterocycles. The minimum absolute atomic E-state index is 0.496. The Bertz CT molecular complexity index is 599. The molecule has 1 heterocycles. The van der Waals surface area contributed by atoms with E-state index in [4.69, 9.17) is 4.74 Å². The van der Waals surface area contributed by atoms with Crippen molar-refractivity contribution in [3.63, 3.8) is 0 Å². The molecule has 106 valence electrons. The minimum atomic E-state index is 0.496. The maximum Gasteiger partial charge on any atom is 0.133 e. The van der Waals surface area contributed by atoms with Crippen molar-refractivity contribution in [3.05, 3.63) is 30.5 Å². The fourth-order valence-corrected chi connectivity index (χ4v) is 3.03. The number of rotatable bonds is 5. The van der Waals surface area contributed by atoms with Crippen LogP contribution in [-0.2, 0) is 0 Å². The Morgan fingerprint density at radius 1 is 1.30 bits per heavy atom. The van der Waals surface area contributed by atoms with Crippen LogP contribution < -0.4 is 10.1 Å². The predicted molar refractivity (Wildman–Crippen MR) is 83.4 cm³/mol. The third-order valence-electron chi connectivity index (χ3n) is 4.77. The molecule has 3 heteroatoms. The summed E-state index contributed by atoms with van der Waals surface area (Å²) in [7, 11) is 1.70. The van der Waals surface area contributed by atoms with Gasteiger partial charge in [0.25, 0.3) is 0 Å². The van der Waals surface area contributed by atoms with Gasteiger partial charge in [-0.2, -0.15) is 0 Å². The molecule has 1 aromatic carbocycles. The van der Waals surface area contributed by atoms with Crippen molar-refractivity contribution in [3.8, 4) is 5.75 Å². The summed E-state index contributed by atoms with van der Waals surface area (Å²) < 4.78 is 5.28. The maximum absolute atomic E-state index is 5.28. The molecule has 0 spiro atoms. The summed E-state index contributed by atoms with van der Waals surface area (Å²) in [5.74, 6) is 1.88. The zero-order valence-electron chi connectivity index (χ0n) is 12.3. The first-order chi connectivity index (χ1) is 9.76. The summed E-state index contributed by atoms with van der Waals surface area (Å²) in [6.07, 6.45) is 7.17. The number of nitrogens with zero attached hydrogens (tertiary/aromatic N) is 1. The van der Waals surface area contributed by atoms with E-state index in [0.29, 0.717) is 5.41 Å². The van der Waals surface area contributed by atoms with E-state index in [2.05, 4.69) is 29.4 Å². The second kappa shape index (κ2) is 5.31. The highest BCUT2D eigenvalue weighted by atomic mass is 16.5. The van der Waals surface area contributed by atoms with Crippen LogP contribution in [-0.4, -0.2) is 18.6 Å². The molecule has 0 radical (unpaired) electrons. The summed E-state index contributed by atoms with van der Waals surface area (Å²) >= 11 is 0. The molecule has 1 saturated carbocycles. The normalized spacial score (nSPS) is 16.7. The summed E-state index contributed by atoms with van der Waals surface area (Å²) in [6.45, 7) is 3.32. The van der Waals surface area contributed by atoms with Crippen LogP contribution in [0.4, 0.5) is 5.82 Å². The Morgan fingerprint density at radius 2 is 2.15 bits per heavy atom. The van der Waals surface area contributed by atoms with Crippen molar-refractivity contribution in [2.75, 3.05) is 19.0 Å². The molecule has 1 fully saturated rings. The first-order valence-electron chi connectivity index (χ1n) is 7.43. The van der Waals surface area contributed by atoms with Crippen molar-refractivity contribution < 1.29 is 4.74 Å². The number of fused-ring (bicyclic) bond motifs is 1. The van der Waals surface area contributed by atoms with Crippen molar-refractivity contribution in [1.82, 2.24) is 4.98 Å². The van der Waals surface area contributed by atoms with E-state index in [9.17, 15) is 0 Å². The van der Waals surface area contributed by atoms with Gasteiger partial charge in [0.1, 0.15) is 11.6 Å². The molecule has 0 saturated heterocycles. The molecule has 0 atom stereocenters. The van der Waals surface area contributed by atoms with Crippen LogP contribution in [0.1, 0.15) is 32.6 Å². The van der Waals surface area contributed by atoms with Crippen LogP contribution in [0.2, 0.25) is 0 Å². The number of aromatic nitrogens is 1. The standard InChI is InChI=1S/C17H22N2O/c1-3-17(8-4-9-17)12-19-16-15-6-5-14(20-2)11-13(15)7-10-18-16/h5-7,10-11H,3-4,8-9,12H2,1-2H3,(H,18,19). The van der Waals surface area contributed by atoms with Crippen LogP contribution in [0.25, 0.3) is 10.8 Å². The average molecular weight is 270 g/mol. The van der Waals surface area contributed by atoms with Crippen molar-refractivity contribution >= 4 is 16.6 Å². The number of methoxy groups -OCH3 is 1. The Balaban J connectivity index is 1.84. The average Bonchev–Trinajstić information content (AvgIpc) is 2.46. The fourth-order valence-electron chi connectivity index (χ4n) is 3.03. The van der Waals surface area contributed by atoms with Gasteiger partial charge in [-0.15, -0.1) is 0 Å². The van der Waals surface area contributed by atoms with Gasteiger partial charge in [-0.1, -0.05) is 13.3 Å². The molecule has 1 aliphatic carbocycles. The molecule has 20 heavy (non-hydrogen) atoms. The monoisotopic (exact) mass is 270 g/mol. The predicted octanol–water partition coefficient (Wildman–Crippen LogP) is 4.24. The molecular formula is C17H22N2O. The highest BCUT2D eigenvalue weighted by Crippen LogP contribution is 2.43. The smallest absolute Gasteiger partial charge is 0.133 e. The Hall–Kier alpha value is -1.77. The summed E-state index contributed by atoms with van der Waals surface area (Å²) in [6, 6.07) is 8.17. The van der Waals surface area contributed by atoms with Crippen LogP contribution in [0.3, 0.4) is 0 Å². The van der Waals surface area contributed by atoms with Crippen LogP contribution >= 0.6 is 0 Å². The second-order valence-electron chi connectivity index (χ2n) is 5.81. The van der Waals surface area contributed by atoms with Gasteiger partial charge >= 0.3 is 0 Å². The number of nitrogens with one attached hydrogen (secondary N) is 1. The number of hydrogen-bond acceptors (Lipinski definition) is 3. The Labute approximate surface area is 120 Å². The van der Waals surface area contributed by atoms with Crippen molar-refractivity contribution in [2.45, 2.75) is 32.6 Å². The molecule has 1 N–H and O–H groups in total. The number of pyridine rings is 1. The summed E-state index contributed by atoms with van der Waals surface area (Å²) in [5.41, 5.74) is 0.496. The zero-order valence-corrected chi connectivity index (χ0v) is 12.3. The number of hydrogen-bond donors (Lipinski definition) is 1. The van der Waals surface area contributed by atoms with E-state index in [-0.39, 0.29) is 0 Å². The van der Waals surface area contributed by atoms with E-state index < -0.39 is 0 Å². The zero-order chi connectivity index (χ0) is 14.0. The Morgan fingerprint density at radius 3 is 2.80 bits per heavy atom. The van der Waals surface area contributed by atoms with E-state index in [1.54, 1.807) is 7.11 Å². The fraction of sp³-hybridized carbons (Fsp3) is 0.471. The van der Waals surface area contributed by atoms with Gasteiger partial charge in [0.2, 0.25) is 0 Å². The lowest BCUT2D eigenvalue weighted by Gasteiger charge is -2.41. The topological polar surface area (TPSA) is 34.2 Å². The molecule has 2 aromatic rings. The highest BCUT2D eigenvalue weighted by molar-refractivity contribution is 5.92. The number of anilines is 1. The van der Waals surface area contributed by atoms with Gasteiger partial charge in [0, 0.05) is 18.1 Å². The molecule has 0 unspecified atom stereocenters. The van der Waals surface area contributed by atoms with Crippen LogP contribution in [0, 0.1) is 5.41 Å². The summed E-state index contributed by atoms with van der Waals surface area (Å²) in [5, 5.41) is 5.90. The van der Waals surface area contributed by atoms with E-state index in [1.165, 1.54) is 36.5 Å².